The number of carbonyl (C=O) groups is 1. The van der Waals surface area contributed by atoms with Crippen molar-refractivity contribution in [3.8, 4) is 11.1 Å². The summed E-state index contributed by atoms with van der Waals surface area (Å²) in [6, 6.07) is 14.7. The maximum Gasteiger partial charge on any atom is 0.286 e. The molecule has 0 atom stereocenters. The summed E-state index contributed by atoms with van der Waals surface area (Å²) in [5.74, 6) is -0.381. The van der Waals surface area contributed by atoms with Crippen LogP contribution in [-0.4, -0.2) is 30.7 Å². The average molecular weight is 409 g/mol. The summed E-state index contributed by atoms with van der Waals surface area (Å²) in [4.78, 5) is 20.5. The van der Waals surface area contributed by atoms with E-state index in [-0.39, 0.29) is 16.0 Å². The zero-order chi connectivity index (χ0) is 19.9. The lowest BCUT2D eigenvalue weighted by molar-refractivity contribution is -0.113. The molecule has 1 amide bonds. The minimum Gasteiger partial charge on any atom is -0.378 e. The monoisotopic (exact) mass is 409 g/mol. The Morgan fingerprint density at radius 2 is 1.86 bits per heavy atom. The fourth-order valence-electron chi connectivity index (χ4n) is 3.04. The highest BCUT2D eigenvalue weighted by molar-refractivity contribution is 8.18. The molecule has 0 fully saturated rings. The molecule has 1 aromatic heterocycles. The number of hydrogen-bond donors (Lipinski definition) is 1. The van der Waals surface area contributed by atoms with Crippen molar-refractivity contribution >= 4 is 49.7 Å². The van der Waals surface area contributed by atoms with Crippen LogP contribution in [0.1, 0.15) is 5.56 Å². The van der Waals surface area contributed by atoms with Gasteiger partial charge in [-0.15, -0.1) is 0 Å². The summed E-state index contributed by atoms with van der Waals surface area (Å²) in [6.45, 7) is 0. The smallest absolute Gasteiger partial charge is 0.286 e. The number of hydrogen-bond acceptors (Lipinski definition) is 6. The molecule has 3 aromatic rings. The predicted octanol–water partition coefficient (Wildman–Crippen LogP) is 3.23. The van der Waals surface area contributed by atoms with E-state index in [1.807, 2.05) is 42.5 Å². The van der Waals surface area contributed by atoms with Gasteiger partial charge in [0.05, 0.1) is 15.3 Å². The van der Waals surface area contributed by atoms with E-state index in [9.17, 15) is 13.2 Å². The van der Waals surface area contributed by atoms with Crippen molar-refractivity contribution in [1.29, 1.82) is 0 Å². The molecule has 0 saturated carbocycles. The molecule has 8 heteroatoms. The summed E-state index contributed by atoms with van der Waals surface area (Å²) in [6.07, 6.45) is 4.25. The minimum atomic E-state index is -3.50. The number of benzene rings is 2. The molecule has 140 valence electrons. The maximum absolute atomic E-state index is 12.4. The van der Waals surface area contributed by atoms with Gasteiger partial charge in [0, 0.05) is 23.4 Å². The van der Waals surface area contributed by atoms with Gasteiger partial charge >= 0.3 is 0 Å². The fraction of sp³-hybridized carbons (Fsp3) is 0.0500. The lowest BCUT2D eigenvalue weighted by Crippen LogP contribution is -2.02. The Bertz CT molecular complexity index is 1280. The number of thioether (sulfide) groups is 1. The maximum atomic E-state index is 12.4. The molecule has 0 spiro atoms. The van der Waals surface area contributed by atoms with Crippen LogP contribution in [0.5, 0.6) is 0 Å². The van der Waals surface area contributed by atoms with Crippen molar-refractivity contribution in [3.05, 3.63) is 65.2 Å². The normalized spacial score (nSPS) is 16.0. The van der Waals surface area contributed by atoms with E-state index in [4.69, 9.17) is 5.73 Å². The van der Waals surface area contributed by atoms with E-state index < -0.39 is 9.84 Å². The minimum absolute atomic E-state index is 0.162. The first-order valence-electron chi connectivity index (χ1n) is 8.29. The number of carbonyl (C=O) groups excluding carboxylic acids is 1. The topological polar surface area (TPSA) is 102 Å². The first-order valence-corrected chi connectivity index (χ1v) is 11.0. The molecule has 0 bridgehead atoms. The van der Waals surface area contributed by atoms with Crippen LogP contribution in [-0.2, 0) is 14.6 Å². The van der Waals surface area contributed by atoms with E-state index in [0.717, 1.165) is 22.9 Å². The number of pyridine rings is 1. The summed E-state index contributed by atoms with van der Waals surface area (Å²) in [7, 11) is -3.50. The van der Waals surface area contributed by atoms with Crippen molar-refractivity contribution in [3.63, 3.8) is 0 Å². The van der Waals surface area contributed by atoms with Crippen LogP contribution in [0.3, 0.4) is 0 Å². The van der Waals surface area contributed by atoms with Crippen molar-refractivity contribution < 1.29 is 13.2 Å². The van der Waals surface area contributed by atoms with E-state index in [1.54, 1.807) is 12.1 Å². The number of aliphatic imine (C=N–C) groups is 1. The Balaban J connectivity index is 1.98. The Labute approximate surface area is 166 Å². The SMILES string of the molecule is CS(=O)(=O)c1cnc2ccc(C=C3SC(N)=NC3=O)cc2c1-c1ccccc1. The lowest BCUT2D eigenvalue weighted by Gasteiger charge is -2.12. The number of fused-ring (bicyclic) bond motifs is 1. The second kappa shape index (κ2) is 6.88. The van der Waals surface area contributed by atoms with E-state index in [2.05, 4.69) is 9.98 Å². The van der Waals surface area contributed by atoms with E-state index in [1.165, 1.54) is 12.5 Å². The van der Waals surface area contributed by atoms with Crippen LogP contribution in [0, 0.1) is 0 Å². The number of amidine groups is 1. The highest BCUT2D eigenvalue weighted by Gasteiger charge is 2.21. The Hall–Kier alpha value is -2.97. The van der Waals surface area contributed by atoms with Crippen LogP contribution in [0.4, 0.5) is 0 Å². The first kappa shape index (κ1) is 18.4. The van der Waals surface area contributed by atoms with Crippen LogP contribution in [0.2, 0.25) is 0 Å². The largest absolute Gasteiger partial charge is 0.378 e. The van der Waals surface area contributed by atoms with Gasteiger partial charge in [0.1, 0.15) is 0 Å². The quantitative estimate of drug-likeness (QED) is 0.666. The van der Waals surface area contributed by atoms with Gasteiger partial charge in [-0.3, -0.25) is 9.78 Å². The Morgan fingerprint density at radius 3 is 2.50 bits per heavy atom. The summed E-state index contributed by atoms with van der Waals surface area (Å²) in [5, 5.41) is 0.899. The van der Waals surface area contributed by atoms with Gasteiger partial charge in [0.15, 0.2) is 15.0 Å². The van der Waals surface area contributed by atoms with Gasteiger partial charge in [-0.05, 0) is 41.1 Å². The number of sulfone groups is 1. The van der Waals surface area contributed by atoms with Gasteiger partial charge in [-0.25, -0.2) is 8.42 Å². The van der Waals surface area contributed by atoms with Crippen molar-refractivity contribution in [2.24, 2.45) is 10.7 Å². The van der Waals surface area contributed by atoms with Crippen molar-refractivity contribution in [2.45, 2.75) is 4.90 Å². The average Bonchev–Trinajstić information content (AvgIpc) is 2.97. The summed E-state index contributed by atoms with van der Waals surface area (Å²) in [5.41, 5.74) is 8.37. The number of nitrogens with two attached hydrogens (primary N) is 1. The Kier molecular flexibility index (Phi) is 4.52. The fourth-order valence-corrected chi connectivity index (χ4v) is 4.57. The predicted molar refractivity (Wildman–Crippen MR) is 112 cm³/mol. The second-order valence-corrected chi connectivity index (χ2v) is 9.32. The van der Waals surface area contributed by atoms with E-state index in [0.29, 0.717) is 21.4 Å². The second-order valence-electron chi connectivity index (χ2n) is 6.28. The molecular weight excluding hydrogens is 394 g/mol. The molecule has 1 aliphatic rings. The van der Waals surface area contributed by atoms with Crippen LogP contribution >= 0.6 is 11.8 Å². The molecule has 0 radical (unpaired) electrons. The molecule has 0 aliphatic carbocycles. The molecular formula is C20H15N3O3S2. The third kappa shape index (κ3) is 3.44. The third-order valence-corrected chi connectivity index (χ3v) is 6.18. The zero-order valence-electron chi connectivity index (χ0n) is 14.8. The molecule has 1 aliphatic heterocycles. The number of rotatable bonds is 3. The van der Waals surface area contributed by atoms with Gasteiger partial charge in [0.2, 0.25) is 0 Å². The molecule has 6 nitrogen and oxygen atoms in total. The molecule has 4 rings (SSSR count). The highest BCUT2D eigenvalue weighted by Crippen LogP contribution is 2.35. The van der Waals surface area contributed by atoms with Gasteiger partial charge < -0.3 is 5.73 Å². The van der Waals surface area contributed by atoms with Crippen LogP contribution < -0.4 is 5.73 Å². The highest BCUT2D eigenvalue weighted by atomic mass is 32.2. The molecule has 0 unspecified atom stereocenters. The molecule has 2 aromatic carbocycles. The third-order valence-electron chi connectivity index (χ3n) is 4.25. The Morgan fingerprint density at radius 1 is 1.11 bits per heavy atom. The van der Waals surface area contributed by atoms with Crippen LogP contribution in [0.25, 0.3) is 28.1 Å². The molecule has 2 N–H and O–H groups in total. The number of aromatic nitrogens is 1. The van der Waals surface area contributed by atoms with Crippen molar-refractivity contribution in [2.75, 3.05) is 6.26 Å². The zero-order valence-corrected chi connectivity index (χ0v) is 16.4. The van der Waals surface area contributed by atoms with E-state index >= 15 is 0 Å². The van der Waals surface area contributed by atoms with Crippen molar-refractivity contribution in [1.82, 2.24) is 4.98 Å². The standard InChI is InChI=1S/C20H15N3O3S2/c1-28(25,26)17-11-22-15-8-7-12(10-16-19(24)23-20(21)27-16)9-14(15)18(17)13-5-3-2-4-6-13/h2-11H,1H3,(H2,21,23,24). The molecule has 0 saturated heterocycles. The van der Waals surface area contributed by atoms with Gasteiger partial charge in [-0.1, -0.05) is 36.4 Å². The molecule has 28 heavy (non-hydrogen) atoms. The summed E-state index contributed by atoms with van der Waals surface area (Å²) < 4.78 is 24.8. The number of nitrogens with zero attached hydrogens (tertiary/aromatic N) is 2. The number of amides is 1. The molecule has 2 heterocycles. The van der Waals surface area contributed by atoms with Crippen LogP contribution in [0.15, 0.2) is 69.5 Å². The van der Waals surface area contributed by atoms with Gasteiger partial charge in [0.25, 0.3) is 5.91 Å². The van der Waals surface area contributed by atoms with Gasteiger partial charge in [-0.2, -0.15) is 4.99 Å². The first-order chi connectivity index (χ1) is 13.3. The lowest BCUT2D eigenvalue weighted by atomic mass is 9.99. The summed E-state index contributed by atoms with van der Waals surface area (Å²) >= 11 is 1.11.